The highest BCUT2D eigenvalue weighted by atomic mass is 16.7. The third kappa shape index (κ3) is 6.48. The van der Waals surface area contributed by atoms with Crippen molar-refractivity contribution >= 4 is 0 Å². The van der Waals surface area contributed by atoms with Crippen LogP contribution in [0.5, 0.6) is 0 Å². The maximum absolute atomic E-state index is 11.1. The monoisotopic (exact) mass is 450 g/mol. The second-order valence-electron chi connectivity index (χ2n) is 8.04. The molecule has 0 radical (unpaired) electrons. The van der Waals surface area contributed by atoms with Crippen molar-refractivity contribution in [1.82, 2.24) is 0 Å². The van der Waals surface area contributed by atoms with E-state index >= 15 is 0 Å². The molecular formula is C27H30O6. The van der Waals surface area contributed by atoms with E-state index in [0.29, 0.717) is 6.61 Å². The van der Waals surface area contributed by atoms with Gasteiger partial charge in [0.2, 0.25) is 0 Å². The fourth-order valence-electron chi connectivity index (χ4n) is 3.86. The molecule has 0 saturated carbocycles. The molecule has 1 aliphatic rings. The molecule has 1 saturated heterocycles. The fraction of sp³-hybridized carbons (Fsp3) is 0.333. The summed E-state index contributed by atoms with van der Waals surface area (Å²) in [5, 5.41) is 21.2. The van der Waals surface area contributed by atoms with Gasteiger partial charge in [-0.25, -0.2) is 0 Å². The summed E-state index contributed by atoms with van der Waals surface area (Å²) in [4.78, 5) is 0. The zero-order chi connectivity index (χ0) is 22.9. The van der Waals surface area contributed by atoms with Gasteiger partial charge in [-0.3, -0.25) is 0 Å². The smallest absolute Gasteiger partial charge is 0.187 e. The summed E-state index contributed by atoms with van der Waals surface area (Å²) < 4.78 is 24.1. The second kappa shape index (κ2) is 12.0. The Hall–Kier alpha value is -2.58. The summed E-state index contributed by atoms with van der Waals surface area (Å²) in [6.45, 7) is 0.570. The molecule has 3 aromatic carbocycles. The predicted molar refractivity (Wildman–Crippen MR) is 123 cm³/mol. The van der Waals surface area contributed by atoms with Crippen LogP contribution in [-0.2, 0) is 38.8 Å². The van der Waals surface area contributed by atoms with Gasteiger partial charge in [0.25, 0.3) is 0 Å². The number of ether oxygens (including phenoxy) is 4. The lowest BCUT2D eigenvalue weighted by atomic mass is 9.98. The molecule has 0 spiro atoms. The Labute approximate surface area is 194 Å². The molecule has 1 heterocycles. The highest BCUT2D eigenvalue weighted by Gasteiger charge is 2.47. The van der Waals surface area contributed by atoms with Crippen molar-refractivity contribution in [2.45, 2.75) is 50.5 Å². The largest absolute Gasteiger partial charge is 0.394 e. The third-order valence-electron chi connectivity index (χ3n) is 5.62. The summed E-state index contributed by atoms with van der Waals surface area (Å²) in [5.41, 5.74) is 2.91. The van der Waals surface area contributed by atoms with Crippen LogP contribution in [0.15, 0.2) is 91.0 Å². The normalized spacial score (nSPS) is 25.1. The average molecular weight is 451 g/mol. The lowest BCUT2D eigenvalue weighted by molar-refractivity contribution is -0.319. The van der Waals surface area contributed by atoms with E-state index in [-0.39, 0.29) is 19.8 Å². The number of rotatable bonds is 10. The molecule has 1 aliphatic heterocycles. The minimum atomic E-state index is -1.10. The molecule has 33 heavy (non-hydrogen) atoms. The molecule has 0 aliphatic carbocycles. The standard InChI is InChI=1S/C27H30O6/c28-16-23-25(30-17-20-10-4-1-5-11-20)26(31-18-21-12-6-2-7-13-21)24(29)27(33-23)32-19-22-14-8-3-9-15-22/h1-15,23-29H,16-19H2/t23?,24?,25-,26?,27?/m1/s1. The van der Waals surface area contributed by atoms with Crippen LogP contribution < -0.4 is 0 Å². The predicted octanol–water partition coefficient (Wildman–Crippen LogP) is 3.45. The van der Waals surface area contributed by atoms with Crippen molar-refractivity contribution in [3.05, 3.63) is 108 Å². The van der Waals surface area contributed by atoms with Gasteiger partial charge in [0.05, 0.1) is 26.4 Å². The molecule has 174 valence electrons. The van der Waals surface area contributed by atoms with Gasteiger partial charge >= 0.3 is 0 Å². The minimum absolute atomic E-state index is 0.266. The van der Waals surface area contributed by atoms with E-state index in [2.05, 4.69) is 0 Å². The van der Waals surface area contributed by atoms with Crippen molar-refractivity contribution in [1.29, 1.82) is 0 Å². The Morgan fingerprint density at radius 2 is 1.03 bits per heavy atom. The second-order valence-corrected chi connectivity index (χ2v) is 8.04. The van der Waals surface area contributed by atoms with Crippen molar-refractivity contribution in [3.8, 4) is 0 Å². The van der Waals surface area contributed by atoms with E-state index in [9.17, 15) is 10.2 Å². The van der Waals surface area contributed by atoms with Crippen LogP contribution in [0, 0.1) is 0 Å². The van der Waals surface area contributed by atoms with Gasteiger partial charge < -0.3 is 29.2 Å². The van der Waals surface area contributed by atoms with Crippen molar-refractivity contribution in [3.63, 3.8) is 0 Å². The first kappa shape index (κ1) is 23.6. The molecule has 0 aromatic heterocycles. The summed E-state index contributed by atoms with van der Waals surface area (Å²) in [5.74, 6) is 0. The van der Waals surface area contributed by atoms with Crippen LogP contribution in [0.4, 0.5) is 0 Å². The molecule has 2 N–H and O–H groups in total. The van der Waals surface area contributed by atoms with Gasteiger partial charge in [-0.2, -0.15) is 0 Å². The van der Waals surface area contributed by atoms with Gasteiger partial charge in [-0.05, 0) is 16.7 Å². The van der Waals surface area contributed by atoms with E-state index in [1.54, 1.807) is 0 Å². The van der Waals surface area contributed by atoms with Crippen molar-refractivity contribution < 1.29 is 29.2 Å². The zero-order valence-corrected chi connectivity index (χ0v) is 18.4. The van der Waals surface area contributed by atoms with Gasteiger partial charge in [0.1, 0.15) is 24.4 Å². The van der Waals surface area contributed by atoms with E-state index in [1.165, 1.54) is 0 Å². The van der Waals surface area contributed by atoms with E-state index in [1.807, 2.05) is 91.0 Å². The van der Waals surface area contributed by atoms with Gasteiger partial charge in [-0.15, -0.1) is 0 Å². The number of aliphatic hydroxyl groups is 2. The first-order valence-electron chi connectivity index (χ1n) is 11.2. The summed E-state index contributed by atoms with van der Waals surface area (Å²) in [6, 6.07) is 29.1. The first-order chi connectivity index (χ1) is 16.2. The Balaban J connectivity index is 1.48. The Kier molecular flexibility index (Phi) is 8.60. The zero-order valence-electron chi connectivity index (χ0n) is 18.4. The number of hydrogen-bond donors (Lipinski definition) is 2. The maximum Gasteiger partial charge on any atom is 0.187 e. The molecule has 4 rings (SSSR count). The molecule has 1 fully saturated rings. The number of aliphatic hydroxyl groups excluding tert-OH is 2. The molecule has 6 nitrogen and oxygen atoms in total. The SMILES string of the molecule is OCC1OC(OCc2ccccc2)C(O)C(OCc2ccccc2)[C@@H]1OCc1ccccc1. The van der Waals surface area contributed by atoms with Crippen LogP contribution in [0.2, 0.25) is 0 Å². The number of hydrogen-bond acceptors (Lipinski definition) is 6. The van der Waals surface area contributed by atoms with Gasteiger partial charge in [0, 0.05) is 0 Å². The summed E-state index contributed by atoms with van der Waals surface area (Å²) in [7, 11) is 0. The first-order valence-corrected chi connectivity index (χ1v) is 11.2. The van der Waals surface area contributed by atoms with E-state index in [4.69, 9.17) is 18.9 Å². The van der Waals surface area contributed by atoms with Crippen LogP contribution >= 0.6 is 0 Å². The van der Waals surface area contributed by atoms with Gasteiger partial charge in [-0.1, -0.05) is 91.0 Å². The van der Waals surface area contributed by atoms with Crippen LogP contribution in [0.3, 0.4) is 0 Å². The van der Waals surface area contributed by atoms with Crippen LogP contribution in [-0.4, -0.2) is 47.5 Å². The topological polar surface area (TPSA) is 77.4 Å². The Morgan fingerprint density at radius 3 is 1.48 bits per heavy atom. The maximum atomic E-state index is 11.1. The lowest BCUT2D eigenvalue weighted by Gasteiger charge is -2.43. The highest BCUT2D eigenvalue weighted by molar-refractivity contribution is 5.15. The lowest BCUT2D eigenvalue weighted by Crippen LogP contribution is -2.60. The Morgan fingerprint density at radius 1 is 0.606 bits per heavy atom. The number of benzene rings is 3. The third-order valence-corrected chi connectivity index (χ3v) is 5.62. The molecule has 4 unspecified atom stereocenters. The highest BCUT2D eigenvalue weighted by Crippen LogP contribution is 2.29. The molecule has 0 amide bonds. The van der Waals surface area contributed by atoms with Crippen molar-refractivity contribution in [2.75, 3.05) is 6.61 Å². The summed E-state index contributed by atoms with van der Waals surface area (Å²) >= 11 is 0. The molecule has 6 heteroatoms. The minimum Gasteiger partial charge on any atom is -0.394 e. The van der Waals surface area contributed by atoms with Crippen LogP contribution in [0.25, 0.3) is 0 Å². The molecular weight excluding hydrogens is 420 g/mol. The van der Waals surface area contributed by atoms with Gasteiger partial charge in [0.15, 0.2) is 6.29 Å². The molecule has 3 aromatic rings. The van der Waals surface area contributed by atoms with E-state index in [0.717, 1.165) is 16.7 Å². The van der Waals surface area contributed by atoms with E-state index < -0.39 is 30.7 Å². The molecule has 5 atom stereocenters. The average Bonchev–Trinajstić information content (AvgIpc) is 2.88. The Bertz CT molecular complexity index is 937. The quantitative estimate of drug-likeness (QED) is 0.493. The summed E-state index contributed by atoms with van der Waals surface area (Å²) in [6.07, 6.45) is -4.19. The van der Waals surface area contributed by atoms with Crippen LogP contribution in [0.1, 0.15) is 16.7 Å². The molecule has 0 bridgehead atoms. The van der Waals surface area contributed by atoms with Crippen molar-refractivity contribution in [2.24, 2.45) is 0 Å². The fourth-order valence-corrected chi connectivity index (χ4v) is 3.86.